The number of halogens is 1. The SMILES string of the molecule is N#Cc1ccc(NC(=O)COC(=O)c2ccc(NC(N)=O)cc2)cc1Cl. The highest BCUT2D eigenvalue weighted by Crippen LogP contribution is 2.20. The van der Waals surface area contributed by atoms with E-state index in [-0.39, 0.29) is 16.1 Å². The van der Waals surface area contributed by atoms with Crippen LogP contribution in [0, 0.1) is 11.3 Å². The summed E-state index contributed by atoms with van der Waals surface area (Å²) in [4.78, 5) is 34.5. The number of esters is 1. The average Bonchev–Trinajstić information content (AvgIpc) is 2.60. The van der Waals surface area contributed by atoms with Gasteiger partial charge in [0.2, 0.25) is 0 Å². The number of ether oxygens (including phenoxy) is 1. The number of hydrogen-bond acceptors (Lipinski definition) is 5. The van der Waals surface area contributed by atoms with Gasteiger partial charge in [-0.25, -0.2) is 9.59 Å². The van der Waals surface area contributed by atoms with Gasteiger partial charge in [-0.05, 0) is 42.5 Å². The number of nitrogens with zero attached hydrogens (tertiary/aromatic N) is 1. The fourth-order valence-corrected chi connectivity index (χ4v) is 2.15. The molecule has 0 atom stereocenters. The van der Waals surface area contributed by atoms with Crippen LogP contribution < -0.4 is 16.4 Å². The van der Waals surface area contributed by atoms with Gasteiger partial charge in [0.05, 0.1) is 16.1 Å². The maximum atomic E-state index is 11.9. The molecule has 0 aliphatic heterocycles. The average molecular weight is 373 g/mol. The summed E-state index contributed by atoms with van der Waals surface area (Å²) in [5.41, 5.74) is 6.26. The van der Waals surface area contributed by atoms with Gasteiger partial charge < -0.3 is 21.1 Å². The Bertz CT molecular complexity index is 891. The molecule has 4 N–H and O–H groups in total. The molecule has 0 spiro atoms. The third-order valence-electron chi connectivity index (χ3n) is 3.10. The van der Waals surface area contributed by atoms with Crippen molar-refractivity contribution in [3.63, 3.8) is 0 Å². The molecule has 0 heterocycles. The first-order valence-corrected chi connectivity index (χ1v) is 7.60. The Balaban J connectivity index is 1.88. The maximum Gasteiger partial charge on any atom is 0.338 e. The molecule has 0 saturated heterocycles. The largest absolute Gasteiger partial charge is 0.452 e. The quantitative estimate of drug-likeness (QED) is 0.693. The van der Waals surface area contributed by atoms with Crippen LogP contribution in [0.3, 0.4) is 0 Å². The van der Waals surface area contributed by atoms with Gasteiger partial charge in [-0.1, -0.05) is 11.6 Å². The molecule has 26 heavy (non-hydrogen) atoms. The van der Waals surface area contributed by atoms with E-state index in [1.54, 1.807) is 0 Å². The number of nitrogens with two attached hydrogens (primary N) is 1. The van der Waals surface area contributed by atoms with Gasteiger partial charge in [-0.2, -0.15) is 5.26 Å². The molecular weight excluding hydrogens is 360 g/mol. The highest BCUT2D eigenvalue weighted by Gasteiger charge is 2.11. The Morgan fingerprint density at radius 1 is 1.08 bits per heavy atom. The number of nitrogens with one attached hydrogen (secondary N) is 2. The van der Waals surface area contributed by atoms with Crippen LogP contribution >= 0.6 is 11.6 Å². The molecule has 2 rings (SSSR count). The summed E-state index contributed by atoms with van der Waals surface area (Å²) >= 11 is 5.87. The molecule has 9 heteroatoms. The molecule has 0 fully saturated rings. The summed E-state index contributed by atoms with van der Waals surface area (Å²) in [5, 5.41) is 13.9. The molecule has 132 valence electrons. The van der Waals surface area contributed by atoms with Crippen LogP contribution in [0.2, 0.25) is 5.02 Å². The number of anilines is 2. The summed E-state index contributed by atoms with van der Waals surface area (Å²) in [5.74, 6) is -1.27. The summed E-state index contributed by atoms with van der Waals surface area (Å²) in [6, 6.07) is 11.4. The highest BCUT2D eigenvalue weighted by molar-refractivity contribution is 6.32. The van der Waals surface area contributed by atoms with E-state index in [4.69, 9.17) is 27.3 Å². The van der Waals surface area contributed by atoms with E-state index in [1.165, 1.54) is 42.5 Å². The normalized spacial score (nSPS) is 9.69. The lowest BCUT2D eigenvalue weighted by Gasteiger charge is -2.08. The second-order valence-electron chi connectivity index (χ2n) is 5.00. The Hall–Kier alpha value is -3.57. The van der Waals surface area contributed by atoms with E-state index in [9.17, 15) is 14.4 Å². The summed E-state index contributed by atoms with van der Waals surface area (Å²) in [7, 11) is 0. The third-order valence-corrected chi connectivity index (χ3v) is 3.41. The second kappa shape index (κ2) is 8.50. The van der Waals surface area contributed by atoms with Gasteiger partial charge in [0.25, 0.3) is 5.91 Å². The van der Waals surface area contributed by atoms with E-state index in [0.29, 0.717) is 11.4 Å². The van der Waals surface area contributed by atoms with E-state index in [0.717, 1.165) is 0 Å². The first kappa shape index (κ1) is 18.8. The number of primary amides is 1. The Morgan fingerprint density at radius 2 is 1.73 bits per heavy atom. The first-order chi connectivity index (χ1) is 12.4. The molecule has 0 radical (unpaired) electrons. The first-order valence-electron chi connectivity index (χ1n) is 7.22. The van der Waals surface area contributed by atoms with Gasteiger partial charge in [-0.15, -0.1) is 0 Å². The van der Waals surface area contributed by atoms with Crippen molar-refractivity contribution in [1.82, 2.24) is 0 Å². The second-order valence-corrected chi connectivity index (χ2v) is 5.40. The highest BCUT2D eigenvalue weighted by atomic mass is 35.5. The minimum atomic E-state index is -0.722. The van der Waals surface area contributed by atoms with Gasteiger partial charge in [0, 0.05) is 11.4 Å². The van der Waals surface area contributed by atoms with Gasteiger partial charge >= 0.3 is 12.0 Å². The number of nitriles is 1. The van der Waals surface area contributed by atoms with Crippen molar-refractivity contribution < 1.29 is 19.1 Å². The molecule has 0 aliphatic carbocycles. The zero-order chi connectivity index (χ0) is 19.1. The Kier molecular flexibility index (Phi) is 6.14. The van der Waals surface area contributed by atoms with Crippen LogP contribution in [0.15, 0.2) is 42.5 Å². The van der Waals surface area contributed by atoms with Crippen LogP contribution in [0.25, 0.3) is 0 Å². The van der Waals surface area contributed by atoms with E-state index < -0.39 is 24.5 Å². The summed E-state index contributed by atoms with van der Waals surface area (Å²) in [6.45, 7) is -0.502. The molecule has 3 amide bonds. The van der Waals surface area contributed by atoms with Gasteiger partial charge in [0.1, 0.15) is 6.07 Å². The van der Waals surface area contributed by atoms with Crippen LogP contribution in [0.1, 0.15) is 15.9 Å². The number of rotatable bonds is 5. The monoisotopic (exact) mass is 372 g/mol. The van der Waals surface area contributed by atoms with E-state index >= 15 is 0 Å². The number of carbonyl (C=O) groups is 3. The summed E-state index contributed by atoms with van der Waals surface area (Å²) < 4.78 is 4.91. The lowest BCUT2D eigenvalue weighted by molar-refractivity contribution is -0.119. The van der Waals surface area contributed by atoms with Crippen molar-refractivity contribution in [3.8, 4) is 6.07 Å². The van der Waals surface area contributed by atoms with Crippen molar-refractivity contribution in [2.45, 2.75) is 0 Å². The molecule has 0 aromatic heterocycles. The van der Waals surface area contributed by atoms with Crippen LogP contribution in [0.5, 0.6) is 0 Å². The van der Waals surface area contributed by atoms with Crippen LogP contribution in [0.4, 0.5) is 16.2 Å². The van der Waals surface area contributed by atoms with Gasteiger partial charge in [0.15, 0.2) is 6.61 Å². The minimum Gasteiger partial charge on any atom is -0.452 e. The van der Waals surface area contributed by atoms with Crippen molar-refractivity contribution in [1.29, 1.82) is 5.26 Å². The Labute approximate surface area is 153 Å². The van der Waals surface area contributed by atoms with Crippen LogP contribution in [-0.4, -0.2) is 24.5 Å². The molecule has 0 saturated carbocycles. The molecule has 0 aliphatic rings. The number of urea groups is 1. The van der Waals surface area contributed by atoms with Crippen molar-refractivity contribution in [2.24, 2.45) is 5.73 Å². The zero-order valence-corrected chi connectivity index (χ0v) is 14.0. The fourth-order valence-electron chi connectivity index (χ4n) is 1.93. The molecule has 2 aromatic carbocycles. The third kappa shape index (κ3) is 5.22. The van der Waals surface area contributed by atoms with Crippen LogP contribution in [-0.2, 0) is 9.53 Å². The number of carbonyl (C=O) groups excluding carboxylic acids is 3. The van der Waals surface area contributed by atoms with Crippen molar-refractivity contribution in [3.05, 3.63) is 58.6 Å². The number of benzene rings is 2. The van der Waals surface area contributed by atoms with E-state index in [2.05, 4.69) is 10.6 Å². The predicted molar refractivity (Wildman–Crippen MR) is 94.7 cm³/mol. The lowest BCUT2D eigenvalue weighted by Crippen LogP contribution is -2.21. The summed E-state index contributed by atoms with van der Waals surface area (Å²) in [6.07, 6.45) is 0. The standard InChI is InChI=1S/C17H13ClN4O4/c18-14-7-13(6-3-11(14)8-19)21-15(23)9-26-16(24)10-1-4-12(5-2-10)22-17(20)25/h1-7H,9H2,(H,21,23)(H3,20,22,25). The van der Waals surface area contributed by atoms with E-state index in [1.807, 2.05) is 6.07 Å². The molecular formula is C17H13ClN4O4. The zero-order valence-electron chi connectivity index (χ0n) is 13.3. The maximum absolute atomic E-state index is 11.9. The smallest absolute Gasteiger partial charge is 0.338 e. The van der Waals surface area contributed by atoms with Gasteiger partial charge in [-0.3, -0.25) is 4.79 Å². The number of hydrogen-bond donors (Lipinski definition) is 3. The minimum absolute atomic E-state index is 0.201. The predicted octanol–water partition coefficient (Wildman–Crippen LogP) is 2.50. The molecule has 2 aromatic rings. The molecule has 0 bridgehead atoms. The molecule has 0 unspecified atom stereocenters. The fraction of sp³-hybridized carbons (Fsp3) is 0.0588. The molecule has 8 nitrogen and oxygen atoms in total. The van der Waals surface area contributed by atoms with Crippen molar-refractivity contribution >= 4 is 40.9 Å². The topological polar surface area (TPSA) is 134 Å². The Morgan fingerprint density at radius 3 is 2.31 bits per heavy atom. The van der Waals surface area contributed by atoms with Crippen molar-refractivity contribution in [2.75, 3.05) is 17.2 Å². The number of amides is 3. The lowest BCUT2D eigenvalue weighted by atomic mass is 10.2.